The van der Waals surface area contributed by atoms with E-state index in [1.54, 1.807) is 0 Å². The van der Waals surface area contributed by atoms with E-state index in [1.807, 2.05) is 32.0 Å². The molecular weight excluding hydrogens is 192 g/mol. The van der Waals surface area contributed by atoms with E-state index in [-0.39, 0.29) is 0 Å². The Kier molecular flexibility index (Phi) is 3.86. The standard InChI is InChI=1S/C12H16O3/c1-8-4-5-9(2)11(6-8)7-15-10(3)12(13)14/h4-6,10H,7H2,1-3H3,(H,13,14)/t10-/m1/s1. The van der Waals surface area contributed by atoms with Crippen LogP contribution in [0.25, 0.3) is 0 Å². The number of carbonyl (C=O) groups is 1. The third kappa shape index (κ3) is 3.36. The van der Waals surface area contributed by atoms with Crippen molar-refractivity contribution in [2.24, 2.45) is 0 Å². The summed E-state index contributed by atoms with van der Waals surface area (Å²) in [6.45, 7) is 5.88. The molecule has 0 aliphatic rings. The number of hydrogen-bond donors (Lipinski definition) is 1. The third-order valence-electron chi connectivity index (χ3n) is 2.34. The molecule has 0 amide bonds. The average molecular weight is 208 g/mol. The minimum atomic E-state index is -0.930. The van der Waals surface area contributed by atoms with Crippen molar-refractivity contribution in [2.45, 2.75) is 33.5 Å². The Morgan fingerprint density at radius 1 is 1.47 bits per heavy atom. The first-order valence-corrected chi connectivity index (χ1v) is 4.91. The Bertz CT molecular complexity index is 358. The molecule has 1 aromatic rings. The van der Waals surface area contributed by atoms with Crippen LogP contribution in [0.3, 0.4) is 0 Å². The Balaban J connectivity index is 2.65. The first-order valence-electron chi connectivity index (χ1n) is 4.91. The third-order valence-corrected chi connectivity index (χ3v) is 2.34. The molecule has 1 rings (SSSR count). The zero-order valence-corrected chi connectivity index (χ0v) is 9.28. The van der Waals surface area contributed by atoms with Crippen molar-refractivity contribution in [1.82, 2.24) is 0 Å². The second kappa shape index (κ2) is 4.94. The van der Waals surface area contributed by atoms with E-state index in [0.717, 1.165) is 16.7 Å². The summed E-state index contributed by atoms with van der Waals surface area (Å²) in [6.07, 6.45) is -0.759. The average Bonchev–Trinajstić information content (AvgIpc) is 2.18. The number of benzene rings is 1. The molecule has 0 aliphatic carbocycles. The van der Waals surface area contributed by atoms with Gasteiger partial charge in [0.2, 0.25) is 0 Å². The van der Waals surface area contributed by atoms with Gasteiger partial charge in [0.15, 0.2) is 6.10 Å². The van der Waals surface area contributed by atoms with Crippen molar-refractivity contribution in [3.63, 3.8) is 0 Å². The summed E-state index contributed by atoms with van der Waals surface area (Å²) in [6, 6.07) is 6.06. The minimum absolute atomic E-state index is 0.348. The second-order valence-corrected chi connectivity index (χ2v) is 3.72. The number of ether oxygens (including phenoxy) is 1. The lowest BCUT2D eigenvalue weighted by Gasteiger charge is -2.11. The number of hydrogen-bond acceptors (Lipinski definition) is 2. The van der Waals surface area contributed by atoms with Crippen molar-refractivity contribution in [1.29, 1.82) is 0 Å². The summed E-state index contributed by atoms with van der Waals surface area (Å²) >= 11 is 0. The van der Waals surface area contributed by atoms with Gasteiger partial charge in [0.05, 0.1) is 6.61 Å². The number of aryl methyl sites for hydroxylation is 2. The van der Waals surface area contributed by atoms with Gasteiger partial charge in [-0.2, -0.15) is 0 Å². The van der Waals surface area contributed by atoms with Crippen LogP contribution < -0.4 is 0 Å². The van der Waals surface area contributed by atoms with Gasteiger partial charge in [-0.25, -0.2) is 4.79 Å². The zero-order valence-electron chi connectivity index (χ0n) is 9.28. The molecule has 0 bridgehead atoms. The molecule has 3 heteroatoms. The van der Waals surface area contributed by atoms with Crippen molar-refractivity contribution >= 4 is 5.97 Å². The van der Waals surface area contributed by atoms with Crippen LogP contribution >= 0.6 is 0 Å². The smallest absolute Gasteiger partial charge is 0.332 e. The van der Waals surface area contributed by atoms with Gasteiger partial charge in [0, 0.05) is 0 Å². The Hall–Kier alpha value is -1.35. The molecule has 0 saturated carbocycles. The molecule has 0 radical (unpaired) electrons. The first kappa shape index (κ1) is 11.7. The SMILES string of the molecule is Cc1ccc(C)c(CO[C@H](C)C(=O)O)c1. The van der Waals surface area contributed by atoms with Crippen LogP contribution in [0.4, 0.5) is 0 Å². The monoisotopic (exact) mass is 208 g/mol. The van der Waals surface area contributed by atoms with Gasteiger partial charge in [0.1, 0.15) is 0 Å². The van der Waals surface area contributed by atoms with Gasteiger partial charge < -0.3 is 9.84 Å². The van der Waals surface area contributed by atoms with Crippen molar-refractivity contribution in [3.8, 4) is 0 Å². The normalized spacial score (nSPS) is 12.5. The molecule has 0 saturated heterocycles. The molecule has 1 atom stereocenters. The highest BCUT2D eigenvalue weighted by Gasteiger charge is 2.11. The van der Waals surface area contributed by atoms with E-state index in [0.29, 0.717) is 6.61 Å². The van der Waals surface area contributed by atoms with Crippen LogP contribution in [0, 0.1) is 13.8 Å². The minimum Gasteiger partial charge on any atom is -0.479 e. The molecule has 15 heavy (non-hydrogen) atoms. The summed E-state index contributed by atoms with van der Waals surface area (Å²) < 4.78 is 5.23. The van der Waals surface area contributed by atoms with E-state index in [9.17, 15) is 4.79 Å². The summed E-state index contributed by atoms with van der Waals surface area (Å²) in [7, 11) is 0. The Morgan fingerprint density at radius 3 is 2.73 bits per heavy atom. The van der Waals surface area contributed by atoms with E-state index in [4.69, 9.17) is 9.84 Å². The number of carboxylic acid groups (broad SMARTS) is 1. The predicted octanol–water partition coefficient (Wildman–Crippen LogP) is 2.29. The molecule has 0 aliphatic heterocycles. The summed E-state index contributed by atoms with van der Waals surface area (Å²) in [5, 5.41) is 8.66. The van der Waals surface area contributed by atoms with Gasteiger partial charge in [-0.05, 0) is 31.9 Å². The molecule has 0 spiro atoms. The number of rotatable bonds is 4. The maximum Gasteiger partial charge on any atom is 0.332 e. The topological polar surface area (TPSA) is 46.5 Å². The maximum atomic E-state index is 10.5. The number of aliphatic carboxylic acids is 1. The van der Waals surface area contributed by atoms with Crippen molar-refractivity contribution in [3.05, 3.63) is 34.9 Å². The fourth-order valence-corrected chi connectivity index (χ4v) is 1.24. The van der Waals surface area contributed by atoms with Crippen LogP contribution in [0.1, 0.15) is 23.6 Å². The molecule has 82 valence electrons. The van der Waals surface area contributed by atoms with Crippen LogP contribution in [0.2, 0.25) is 0 Å². The van der Waals surface area contributed by atoms with E-state index in [2.05, 4.69) is 0 Å². The molecule has 0 heterocycles. The molecular formula is C12H16O3. The van der Waals surface area contributed by atoms with Gasteiger partial charge in [-0.3, -0.25) is 0 Å². The highest BCUT2D eigenvalue weighted by atomic mass is 16.5. The molecule has 1 N–H and O–H groups in total. The lowest BCUT2D eigenvalue weighted by molar-refractivity contribution is -0.149. The van der Waals surface area contributed by atoms with Gasteiger partial charge in [-0.15, -0.1) is 0 Å². The lowest BCUT2D eigenvalue weighted by atomic mass is 10.1. The molecule has 1 aromatic carbocycles. The van der Waals surface area contributed by atoms with E-state index >= 15 is 0 Å². The largest absolute Gasteiger partial charge is 0.479 e. The molecule has 0 aromatic heterocycles. The van der Waals surface area contributed by atoms with E-state index in [1.165, 1.54) is 6.92 Å². The first-order chi connectivity index (χ1) is 7.00. The molecule has 0 fully saturated rings. The quantitative estimate of drug-likeness (QED) is 0.825. The summed E-state index contributed by atoms with van der Waals surface area (Å²) in [5.41, 5.74) is 3.32. The van der Waals surface area contributed by atoms with E-state index < -0.39 is 12.1 Å². The van der Waals surface area contributed by atoms with Gasteiger partial charge in [-0.1, -0.05) is 23.8 Å². The molecule has 3 nitrogen and oxygen atoms in total. The fraction of sp³-hybridized carbons (Fsp3) is 0.417. The van der Waals surface area contributed by atoms with Gasteiger partial charge >= 0.3 is 5.97 Å². The highest BCUT2D eigenvalue weighted by Crippen LogP contribution is 2.12. The zero-order chi connectivity index (χ0) is 11.4. The fourth-order valence-electron chi connectivity index (χ4n) is 1.24. The van der Waals surface area contributed by atoms with Crippen molar-refractivity contribution < 1.29 is 14.6 Å². The van der Waals surface area contributed by atoms with Crippen LogP contribution in [-0.2, 0) is 16.1 Å². The Morgan fingerprint density at radius 2 is 2.13 bits per heavy atom. The van der Waals surface area contributed by atoms with Crippen molar-refractivity contribution in [2.75, 3.05) is 0 Å². The van der Waals surface area contributed by atoms with Crippen LogP contribution in [0.15, 0.2) is 18.2 Å². The van der Waals surface area contributed by atoms with Crippen LogP contribution in [0.5, 0.6) is 0 Å². The summed E-state index contributed by atoms with van der Waals surface area (Å²) in [5.74, 6) is -0.930. The van der Waals surface area contributed by atoms with Gasteiger partial charge in [0.25, 0.3) is 0 Å². The summed E-state index contributed by atoms with van der Waals surface area (Å²) in [4.78, 5) is 10.5. The lowest BCUT2D eigenvalue weighted by Crippen LogP contribution is -2.19. The van der Waals surface area contributed by atoms with Crippen LogP contribution in [-0.4, -0.2) is 17.2 Å². The predicted molar refractivity (Wildman–Crippen MR) is 57.8 cm³/mol. The second-order valence-electron chi connectivity index (χ2n) is 3.72. The number of carboxylic acids is 1. The highest BCUT2D eigenvalue weighted by molar-refractivity contribution is 5.71. The maximum absolute atomic E-state index is 10.5. The Labute approximate surface area is 89.7 Å². The molecule has 0 unspecified atom stereocenters.